The van der Waals surface area contributed by atoms with Gasteiger partial charge in [0.25, 0.3) is 0 Å². The Bertz CT molecular complexity index is 479. The summed E-state index contributed by atoms with van der Waals surface area (Å²) in [5.41, 5.74) is 2.89. The van der Waals surface area contributed by atoms with Gasteiger partial charge in [0.1, 0.15) is 0 Å². The third kappa shape index (κ3) is 3.62. The summed E-state index contributed by atoms with van der Waals surface area (Å²) in [6.07, 6.45) is 1.64. The number of hydrogen-bond acceptors (Lipinski definition) is 1. The molecule has 1 aromatic carbocycles. The van der Waals surface area contributed by atoms with E-state index in [0.29, 0.717) is 6.42 Å². The fraction of sp³-hybridized carbons (Fsp3) is 0.611. The lowest BCUT2D eigenvalue weighted by atomic mass is 9.86. The third-order valence-electron chi connectivity index (χ3n) is 4.21. The lowest BCUT2D eigenvalue weighted by molar-refractivity contribution is -0.129. The molecule has 20 heavy (non-hydrogen) atoms. The van der Waals surface area contributed by atoms with Crippen LogP contribution in [0.4, 0.5) is 0 Å². The maximum Gasteiger partial charge on any atom is 0.227 e. The third-order valence-corrected chi connectivity index (χ3v) is 4.21. The Morgan fingerprint density at radius 1 is 1.20 bits per heavy atom. The number of likely N-dealkylation sites (tertiary alicyclic amines) is 1. The van der Waals surface area contributed by atoms with Crippen molar-refractivity contribution in [3.05, 3.63) is 35.4 Å². The molecule has 0 radical (unpaired) electrons. The molecule has 0 aromatic heterocycles. The fourth-order valence-corrected chi connectivity index (χ4v) is 2.73. The van der Waals surface area contributed by atoms with Crippen LogP contribution < -0.4 is 0 Å². The molecule has 110 valence electrons. The van der Waals surface area contributed by atoms with E-state index in [0.717, 1.165) is 25.1 Å². The summed E-state index contributed by atoms with van der Waals surface area (Å²) in [6, 6.07) is 8.49. The highest BCUT2D eigenvalue weighted by Gasteiger charge is 2.31. The quantitative estimate of drug-likeness (QED) is 0.803. The molecule has 1 amide bonds. The molecule has 0 bridgehead atoms. The van der Waals surface area contributed by atoms with Crippen LogP contribution in [0.1, 0.15) is 52.2 Å². The highest BCUT2D eigenvalue weighted by atomic mass is 16.2. The van der Waals surface area contributed by atoms with Gasteiger partial charge in [0.2, 0.25) is 5.91 Å². The molecular formula is C18H27NO. The first-order chi connectivity index (χ1) is 9.17. The molecule has 1 aliphatic rings. The van der Waals surface area contributed by atoms with E-state index in [9.17, 15) is 4.79 Å². The van der Waals surface area contributed by atoms with Crippen molar-refractivity contribution >= 4 is 5.91 Å². The van der Waals surface area contributed by atoms with Gasteiger partial charge in [-0.1, -0.05) is 58.9 Å². The van der Waals surface area contributed by atoms with Crippen LogP contribution in [0.5, 0.6) is 0 Å². The van der Waals surface area contributed by atoms with Crippen molar-refractivity contribution in [3.63, 3.8) is 0 Å². The van der Waals surface area contributed by atoms with Gasteiger partial charge in [-0.3, -0.25) is 4.79 Å². The number of carbonyl (C=O) groups excluding carboxylic acids is 1. The molecule has 0 aliphatic carbocycles. The Morgan fingerprint density at radius 2 is 1.80 bits per heavy atom. The van der Waals surface area contributed by atoms with E-state index in [4.69, 9.17) is 0 Å². The average molecular weight is 273 g/mol. The van der Waals surface area contributed by atoms with Gasteiger partial charge in [0, 0.05) is 13.1 Å². The van der Waals surface area contributed by atoms with E-state index in [1.807, 2.05) is 4.90 Å². The highest BCUT2D eigenvalue weighted by Crippen LogP contribution is 2.29. The molecule has 0 saturated carbocycles. The summed E-state index contributed by atoms with van der Waals surface area (Å²) in [7, 11) is 0. The van der Waals surface area contributed by atoms with Crippen molar-refractivity contribution in [2.45, 2.75) is 52.9 Å². The fourth-order valence-electron chi connectivity index (χ4n) is 2.73. The van der Waals surface area contributed by atoms with Crippen LogP contribution in [0.15, 0.2) is 24.3 Å². The largest absolute Gasteiger partial charge is 0.342 e. The summed E-state index contributed by atoms with van der Waals surface area (Å²) in [6.45, 7) is 12.9. The summed E-state index contributed by atoms with van der Waals surface area (Å²) >= 11 is 0. The zero-order valence-corrected chi connectivity index (χ0v) is 13.5. The Labute approximate surface area is 123 Å². The van der Waals surface area contributed by atoms with Gasteiger partial charge in [-0.25, -0.2) is 0 Å². The lowest BCUT2D eigenvalue weighted by Crippen LogP contribution is -2.31. The first kappa shape index (κ1) is 15.1. The minimum Gasteiger partial charge on any atom is -0.342 e. The van der Waals surface area contributed by atoms with Gasteiger partial charge < -0.3 is 4.90 Å². The Hall–Kier alpha value is -1.31. The molecule has 2 rings (SSSR count). The number of carbonyl (C=O) groups is 1. The zero-order valence-electron chi connectivity index (χ0n) is 13.5. The Kier molecular flexibility index (Phi) is 3.95. The van der Waals surface area contributed by atoms with E-state index >= 15 is 0 Å². The second-order valence-electron chi connectivity index (χ2n) is 7.85. The maximum absolute atomic E-state index is 12.3. The van der Waals surface area contributed by atoms with Crippen molar-refractivity contribution < 1.29 is 4.79 Å². The molecular weight excluding hydrogens is 246 g/mol. The van der Waals surface area contributed by atoms with Gasteiger partial charge in [-0.15, -0.1) is 0 Å². The second-order valence-corrected chi connectivity index (χ2v) is 7.85. The van der Waals surface area contributed by atoms with Crippen molar-refractivity contribution in [1.29, 1.82) is 0 Å². The van der Waals surface area contributed by atoms with Crippen molar-refractivity contribution in [1.82, 2.24) is 4.90 Å². The van der Waals surface area contributed by atoms with Crippen molar-refractivity contribution in [2.24, 2.45) is 5.41 Å². The molecule has 0 spiro atoms. The van der Waals surface area contributed by atoms with E-state index in [1.54, 1.807) is 0 Å². The first-order valence-electron chi connectivity index (χ1n) is 7.55. The lowest BCUT2D eigenvalue weighted by Gasteiger charge is -2.21. The number of hydrogen-bond donors (Lipinski definition) is 0. The first-order valence-corrected chi connectivity index (χ1v) is 7.55. The van der Waals surface area contributed by atoms with E-state index < -0.39 is 0 Å². The summed E-state index contributed by atoms with van der Waals surface area (Å²) in [5, 5.41) is 0. The van der Waals surface area contributed by atoms with E-state index in [-0.39, 0.29) is 16.7 Å². The molecule has 0 N–H and O–H groups in total. The van der Waals surface area contributed by atoms with Gasteiger partial charge in [-0.2, -0.15) is 0 Å². The van der Waals surface area contributed by atoms with Crippen LogP contribution in [-0.4, -0.2) is 23.9 Å². The Balaban J connectivity index is 1.99. The van der Waals surface area contributed by atoms with E-state index in [2.05, 4.69) is 58.9 Å². The predicted octanol–water partition coefficient (Wildman–Crippen LogP) is 3.79. The number of amides is 1. The maximum atomic E-state index is 12.3. The summed E-state index contributed by atoms with van der Waals surface area (Å²) < 4.78 is 0. The monoisotopic (exact) mass is 273 g/mol. The Morgan fingerprint density at radius 3 is 2.25 bits per heavy atom. The van der Waals surface area contributed by atoms with Gasteiger partial charge in [0.15, 0.2) is 0 Å². The van der Waals surface area contributed by atoms with Crippen LogP contribution in [0.2, 0.25) is 0 Å². The van der Waals surface area contributed by atoms with E-state index in [1.165, 1.54) is 5.56 Å². The smallest absolute Gasteiger partial charge is 0.227 e. The zero-order chi connectivity index (χ0) is 15.0. The van der Waals surface area contributed by atoms with Crippen LogP contribution in [0, 0.1) is 5.41 Å². The molecule has 0 atom stereocenters. The van der Waals surface area contributed by atoms with Crippen molar-refractivity contribution in [2.75, 3.05) is 13.1 Å². The number of benzene rings is 1. The molecule has 1 heterocycles. The number of nitrogens with zero attached hydrogens (tertiary/aromatic N) is 1. The minimum absolute atomic E-state index is 0.168. The van der Waals surface area contributed by atoms with Crippen LogP contribution >= 0.6 is 0 Å². The molecule has 1 fully saturated rings. The van der Waals surface area contributed by atoms with Gasteiger partial charge in [0.05, 0.1) is 6.42 Å². The minimum atomic E-state index is 0.168. The van der Waals surface area contributed by atoms with Crippen LogP contribution in [-0.2, 0) is 16.6 Å². The predicted molar refractivity (Wildman–Crippen MR) is 83.8 cm³/mol. The molecule has 1 saturated heterocycles. The van der Waals surface area contributed by atoms with Crippen molar-refractivity contribution in [3.8, 4) is 0 Å². The van der Waals surface area contributed by atoms with Crippen LogP contribution in [0.25, 0.3) is 0 Å². The SMILES string of the molecule is CC1(C)CCN(C(=O)Cc2ccc(C(C)(C)C)cc2)C1. The molecule has 2 heteroatoms. The molecule has 2 nitrogen and oxygen atoms in total. The normalized spacial score (nSPS) is 18.4. The molecule has 0 unspecified atom stereocenters. The summed E-state index contributed by atoms with van der Waals surface area (Å²) in [5.74, 6) is 0.263. The summed E-state index contributed by atoms with van der Waals surface area (Å²) in [4.78, 5) is 14.3. The topological polar surface area (TPSA) is 20.3 Å². The van der Waals surface area contributed by atoms with Gasteiger partial charge in [-0.05, 0) is 28.4 Å². The van der Waals surface area contributed by atoms with Crippen LogP contribution in [0.3, 0.4) is 0 Å². The standard InChI is InChI=1S/C18H27NO/c1-17(2,3)15-8-6-14(7-9-15)12-16(20)19-11-10-18(4,5)13-19/h6-9H,10-13H2,1-5H3. The highest BCUT2D eigenvalue weighted by molar-refractivity contribution is 5.79. The molecule has 1 aromatic rings. The molecule has 1 aliphatic heterocycles. The second kappa shape index (κ2) is 5.23. The number of rotatable bonds is 2. The average Bonchev–Trinajstić information content (AvgIpc) is 2.69. The van der Waals surface area contributed by atoms with Gasteiger partial charge >= 0.3 is 0 Å².